The summed E-state index contributed by atoms with van der Waals surface area (Å²) in [6.45, 7) is 4.58. The third-order valence-corrected chi connectivity index (χ3v) is 3.93. The number of carbonyl (C=O) groups is 1. The van der Waals surface area contributed by atoms with Crippen molar-refractivity contribution in [3.63, 3.8) is 0 Å². The van der Waals surface area contributed by atoms with Gasteiger partial charge in [-0.1, -0.05) is 19.1 Å². The van der Waals surface area contributed by atoms with Crippen molar-refractivity contribution in [2.24, 2.45) is 0 Å². The molecule has 1 N–H and O–H groups in total. The van der Waals surface area contributed by atoms with Crippen molar-refractivity contribution < 1.29 is 9.53 Å². The number of hydrogen-bond donors (Lipinski definition) is 1. The van der Waals surface area contributed by atoms with Crippen molar-refractivity contribution in [2.45, 2.75) is 19.4 Å². The molecule has 0 spiro atoms. The number of hydrogen-bond acceptors (Lipinski definition) is 3. The number of methoxy groups -OCH3 is 1. The predicted molar refractivity (Wildman–Crippen MR) is 76.3 cm³/mol. The summed E-state index contributed by atoms with van der Waals surface area (Å²) in [6.07, 6.45) is 0.882. The van der Waals surface area contributed by atoms with Gasteiger partial charge in [0.15, 0.2) is 0 Å². The molecule has 2 heterocycles. The number of fused-ring (bicyclic) bond motifs is 3. The molecule has 1 saturated heterocycles. The lowest BCUT2D eigenvalue weighted by Crippen LogP contribution is -2.44. The molecule has 2 aliphatic heterocycles. The summed E-state index contributed by atoms with van der Waals surface area (Å²) in [5, 5.41) is 3.35. The van der Waals surface area contributed by atoms with Gasteiger partial charge in [-0.2, -0.15) is 0 Å². The number of halogens is 1. The van der Waals surface area contributed by atoms with Gasteiger partial charge in [0.05, 0.1) is 18.7 Å². The normalized spacial score (nSPS) is 20.6. The molecule has 1 fully saturated rings. The maximum atomic E-state index is 12.5. The zero-order valence-electron chi connectivity index (χ0n) is 11.2. The molecule has 0 bridgehead atoms. The van der Waals surface area contributed by atoms with Crippen molar-refractivity contribution in [1.29, 1.82) is 0 Å². The van der Waals surface area contributed by atoms with Crippen molar-refractivity contribution in [3.8, 4) is 5.75 Å². The molecule has 5 heteroatoms. The summed E-state index contributed by atoms with van der Waals surface area (Å²) < 4.78 is 5.49. The SMILES string of the molecule is CCc1ccc2c(c1OC)C(=O)N1CCNC[C@H]21.Cl. The van der Waals surface area contributed by atoms with Crippen LogP contribution in [-0.2, 0) is 6.42 Å². The summed E-state index contributed by atoms with van der Waals surface area (Å²) in [6, 6.07) is 4.36. The Morgan fingerprint density at radius 2 is 2.26 bits per heavy atom. The Balaban J connectivity index is 0.00000133. The first-order chi connectivity index (χ1) is 8.77. The van der Waals surface area contributed by atoms with Crippen LogP contribution in [0, 0.1) is 0 Å². The molecule has 1 amide bonds. The lowest BCUT2D eigenvalue weighted by Gasteiger charge is -2.30. The number of piperazine rings is 1. The molecule has 19 heavy (non-hydrogen) atoms. The summed E-state index contributed by atoms with van der Waals surface area (Å²) >= 11 is 0. The third kappa shape index (κ3) is 1.99. The molecule has 1 atom stereocenters. The van der Waals surface area contributed by atoms with Crippen molar-refractivity contribution in [2.75, 3.05) is 26.7 Å². The number of rotatable bonds is 2. The fraction of sp³-hybridized carbons (Fsp3) is 0.500. The first-order valence-electron chi connectivity index (χ1n) is 6.49. The van der Waals surface area contributed by atoms with Gasteiger partial charge in [-0.3, -0.25) is 4.79 Å². The van der Waals surface area contributed by atoms with Crippen LogP contribution < -0.4 is 10.1 Å². The van der Waals surface area contributed by atoms with Crippen molar-refractivity contribution >= 4 is 18.3 Å². The molecular formula is C14H19ClN2O2. The van der Waals surface area contributed by atoms with E-state index in [1.54, 1.807) is 7.11 Å². The Hall–Kier alpha value is -1.26. The maximum Gasteiger partial charge on any atom is 0.258 e. The van der Waals surface area contributed by atoms with Crippen LogP contribution >= 0.6 is 12.4 Å². The quantitative estimate of drug-likeness (QED) is 0.899. The van der Waals surface area contributed by atoms with E-state index in [0.29, 0.717) is 0 Å². The van der Waals surface area contributed by atoms with Crippen molar-refractivity contribution in [1.82, 2.24) is 10.2 Å². The number of aryl methyl sites for hydroxylation is 1. The second-order valence-electron chi connectivity index (χ2n) is 4.79. The molecule has 3 rings (SSSR count). The van der Waals surface area contributed by atoms with Crippen LogP contribution in [0.3, 0.4) is 0 Å². The average molecular weight is 283 g/mol. The number of carbonyl (C=O) groups excluding carboxylic acids is 1. The highest BCUT2D eigenvalue weighted by Crippen LogP contribution is 2.40. The second kappa shape index (κ2) is 5.39. The van der Waals surface area contributed by atoms with E-state index < -0.39 is 0 Å². The fourth-order valence-electron chi connectivity index (χ4n) is 3.02. The Morgan fingerprint density at radius 1 is 1.47 bits per heavy atom. The van der Waals surface area contributed by atoms with Crippen molar-refractivity contribution in [3.05, 3.63) is 28.8 Å². The van der Waals surface area contributed by atoms with E-state index in [0.717, 1.165) is 48.5 Å². The van der Waals surface area contributed by atoms with Gasteiger partial charge in [0.1, 0.15) is 5.75 Å². The summed E-state index contributed by atoms with van der Waals surface area (Å²) in [5.41, 5.74) is 3.00. The van der Waals surface area contributed by atoms with Crippen LogP contribution in [0.2, 0.25) is 0 Å². The van der Waals surface area contributed by atoms with Gasteiger partial charge in [0.2, 0.25) is 0 Å². The van der Waals surface area contributed by atoms with E-state index in [9.17, 15) is 4.79 Å². The van der Waals surface area contributed by atoms with Gasteiger partial charge in [0.25, 0.3) is 5.91 Å². The lowest BCUT2D eigenvalue weighted by atomic mass is 9.98. The van der Waals surface area contributed by atoms with E-state index in [1.807, 2.05) is 4.90 Å². The summed E-state index contributed by atoms with van der Waals surface area (Å²) in [4.78, 5) is 14.5. The number of amides is 1. The Morgan fingerprint density at radius 3 is 2.95 bits per heavy atom. The minimum absolute atomic E-state index is 0. The molecule has 2 aliphatic rings. The van der Waals surface area contributed by atoms with E-state index in [-0.39, 0.29) is 24.4 Å². The highest BCUT2D eigenvalue weighted by atomic mass is 35.5. The third-order valence-electron chi connectivity index (χ3n) is 3.93. The molecule has 4 nitrogen and oxygen atoms in total. The summed E-state index contributed by atoms with van der Waals surface area (Å²) in [5.74, 6) is 0.901. The van der Waals surface area contributed by atoms with E-state index in [4.69, 9.17) is 4.74 Å². The largest absolute Gasteiger partial charge is 0.496 e. The summed E-state index contributed by atoms with van der Waals surface area (Å²) in [7, 11) is 1.65. The van der Waals surface area contributed by atoms with Crippen LogP contribution in [0.5, 0.6) is 5.75 Å². The number of benzene rings is 1. The zero-order chi connectivity index (χ0) is 12.7. The highest BCUT2D eigenvalue weighted by molar-refractivity contribution is 6.02. The molecule has 0 aliphatic carbocycles. The van der Waals surface area contributed by atoms with Crippen LogP contribution in [0.1, 0.15) is 34.5 Å². The second-order valence-corrected chi connectivity index (χ2v) is 4.79. The van der Waals surface area contributed by atoms with Gasteiger partial charge in [0, 0.05) is 19.6 Å². The number of nitrogens with zero attached hydrogens (tertiary/aromatic N) is 1. The first-order valence-corrected chi connectivity index (χ1v) is 6.49. The van der Waals surface area contributed by atoms with Crippen LogP contribution in [0.15, 0.2) is 12.1 Å². The minimum Gasteiger partial charge on any atom is -0.496 e. The van der Waals surface area contributed by atoms with E-state index in [2.05, 4.69) is 24.4 Å². The topological polar surface area (TPSA) is 41.6 Å². The zero-order valence-corrected chi connectivity index (χ0v) is 12.0. The molecule has 0 saturated carbocycles. The Bertz CT molecular complexity index is 504. The smallest absolute Gasteiger partial charge is 0.258 e. The maximum absolute atomic E-state index is 12.5. The molecule has 0 radical (unpaired) electrons. The molecule has 0 unspecified atom stereocenters. The Labute approximate surface area is 119 Å². The number of ether oxygens (including phenoxy) is 1. The molecule has 0 aromatic heterocycles. The fourth-order valence-corrected chi connectivity index (χ4v) is 3.02. The first kappa shape index (κ1) is 14.2. The van der Waals surface area contributed by atoms with Gasteiger partial charge in [-0.05, 0) is 17.5 Å². The molecule has 104 valence electrons. The highest BCUT2D eigenvalue weighted by Gasteiger charge is 2.40. The molecule has 1 aromatic carbocycles. The van der Waals surface area contributed by atoms with Gasteiger partial charge in [-0.25, -0.2) is 0 Å². The van der Waals surface area contributed by atoms with E-state index in [1.165, 1.54) is 0 Å². The van der Waals surface area contributed by atoms with Crippen LogP contribution in [-0.4, -0.2) is 37.6 Å². The van der Waals surface area contributed by atoms with Crippen LogP contribution in [0.4, 0.5) is 0 Å². The standard InChI is InChI=1S/C14H18N2O2.ClH/c1-3-9-4-5-10-11-8-15-6-7-16(11)14(17)12(10)13(9)18-2;/h4-5,11,15H,3,6-8H2,1-2H3;1H/t11-;/m1./s1. The molecule has 1 aromatic rings. The van der Waals surface area contributed by atoms with Crippen LogP contribution in [0.25, 0.3) is 0 Å². The minimum atomic E-state index is 0. The lowest BCUT2D eigenvalue weighted by molar-refractivity contribution is 0.0689. The predicted octanol–water partition coefficient (Wildman–Crippen LogP) is 1.78. The monoisotopic (exact) mass is 282 g/mol. The van der Waals surface area contributed by atoms with Gasteiger partial charge < -0.3 is 15.0 Å². The van der Waals surface area contributed by atoms with Gasteiger partial charge >= 0.3 is 0 Å². The Kier molecular flexibility index (Phi) is 4.02. The van der Waals surface area contributed by atoms with Gasteiger partial charge in [-0.15, -0.1) is 12.4 Å². The average Bonchev–Trinajstić information content (AvgIpc) is 2.72. The van der Waals surface area contributed by atoms with E-state index >= 15 is 0 Å². The number of nitrogens with one attached hydrogen (secondary N) is 1. The molecular weight excluding hydrogens is 264 g/mol.